The van der Waals surface area contributed by atoms with E-state index in [0.29, 0.717) is 18.5 Å². The Labute approximate surface area is 135 Å². The molecule has 2 aromatic rings. The zero-order valence-corrected chi connectivity index (χ0v) is 13.5. The van der Waals surface area contributed by atoms with Crippen molar-refractivity contribution < 1.29 is 13.5 Å². The van der Waals surface area contributed by atoms with Crippen LogP contribution >= 0.6 is 0 Å². The Morgan fingerprint density at radius 1 is 1.30 bits per heavy atom. The number of aromatic nitrogens is 1. The number of fused-ring (bicyclic) bond motifs is 1. The number of hydrogen-bond donors (Lipinski definition) is 3. The topological polar surface area (TPSA) is 94.6 Å². The van der Waals surface area contributed by atoms with E-state index in [4.69, 9.17) is 0 Å². The molecule has 7 nitrogen and oxygen atoms in total. The Balaban J connectivity index is 1.75. The molecule has 1 atom stereocenters. The number of rotatable bonds is 5. The van der Waals surface area contributed by atoms with Crippen molar-refractivity contribution in [3.05, 3.63) is 36.7 Å². The van der Waals surface area contributed by atoms with E-state index in [1.165, 1.54) is 0 Å². The normalized spacial score (nSPS) is 18.1. The molecular weight excluding hydrogens is 316 g/mol. The lowest BCUT2D eigenvalue weighted by Gasteiger charge is -2.31. The van der Waals surface area contributed by atoms with Crippen molar-refractivity contribution in [2.45, 2.75) is 11.1 Å². The maximum absolute atomic E-state index is 12.6. The fourth-order valence-electron chi connectivity index (χ4n) is 2.70. The second-order valence-corrected chi connectivity index (χ2v) is 7.21. The molecule has 0 spiro atoms. The summed E-state index contributed by atoms with van der Waals surface area (Å²) in [5.41, 5.74) is 0. The summed E-state index contributed by atoms with van der Waals surface area (Å²) >= 11 is 0. The van der Waals surface area contributed by atoms with Gasteiger partial charge in [0.1, 0.15) is 6.23 Å². The van der Waals surface area contributed by atoms with Crippen LogP contribution in [-0.4, -0.2) is 62.4 Å². The van der Waals surface area contributed by atoms with E-state index >= 15 is 0 Å². The van der Waals surface area contributed by atoms with Crippen molar-refractivity contribution in [1.82, 2.24) is 19.9 Å². The van der Waals surface area contributed by atoms with Crippen LogP contribution in [0.3, 0.4) is 0 Å². The maximum Gasteiger partial charge on any atom is 0.241 e. The van der Waals surface area contributed by atoms with Gasteiger partial charge in [0.15, 0.2) is 0 Å². The monoisotopic (exact) mass is 336 g/mol. The minimum atomic E-state index is -3.70. The molecule has 1 aromatic heterocycles. The van der Waals surface area contributed by atoms with Gasteiger partial charge in [-0.2, -0.15) is 0 Å². The van der Waals surface area contributed by atoms with Gasteiger partial charge in [0.25, 0.3) is 0 Å². The molecular formula is C15H20N4O3S. The molecule has 3 rings (SSSR count). The van der Waals surface area contributed by atoms with Gasteiger partial charge in [-0.3, -0.25) is 9.88 Å². The molecule has 1 fully saturated rings. The second kappa shape index (κ2) is 6.90. The largest absolute Gasteiger partial charge is 0.377 e. The summed E-state index contributed by atoms with van der Waals surface area (Å²) in [4.78, 5) is 6.06. The Morgan fingerprint density at radius 3 is 2.87 bits per heavy atom. The van der Waals surface area contributed by atoms with Gasteiger partial charge in [0.05, 0.1) is 11.4 Å². The van der Waals surface area contributed by atoms with Gasteiger partial charge in [-0.05, 0) is 12.1 Å². The van der Waals surface area contributed by atoms with Crippen molar-refractivity contribution in [2.75, 3.05) is 32.7 Å². The average Bonchev–Trinajstić information content (AvgIpc) is 2.60. The summed E-state index contributed by atoms with van der Waals surface area (Å²) in [6.07, 6.45) is 2.37. The summed E-state index contributed by atoms with van der Waals surface area (Å²) in [6.45, 7) is 2.94. The highest BCUT2D eigenvalue weighted by Crippen LogP contribution is 2.21. The van der Waals surface area contributed by atoms with E-state index in [2.05, 4.69) is 15.0 Å². The van der Waals surface area contributed by atoms with E-state index in [9.17, 15) is 13.5 Å². The Hall–Kier alpha value is -1.58. The van der Waals surface area contributed by atoms with Crippen LogP contribution in [0.1, 0.15) is 0 Å². The molecule has 0 saturated carbocycles. The molecule has 1 aliphatic rings. The van der Waals surface area contributed by atoms with Gasteiger partial charge < -0.3 is 10.4 Å². The molecule has 0 aliphatic carbocycles. The van der Waals surface area contributed by atoms with Crippen molar-refractivity contribution in [1.29, 1.82) is 0 Å². The highest BCUT2D eigenvalue weighted by Gasteiger charge is 2.22. The van der Waals surface area contributed by atoms with Gasteiger partial charge in [0.2, 0.25) is 10.0 Å². The van der Waals surface area contributed by atoms with Crippen LogP contribution in [0.25, 0.3) is 10.8 Å². The van der Waals surface area contributed by atoms with Crippen molar-refractivity contribution in [2.24, 2.45) is 0 Å². The van der Waals surface area contributed by atoms with E-state index < -0.39 is 16.3 Å². The van der Waals surface area contributed by atoms with E-state index in [1.54, 1.807) is 30.6 Å². The first-order chi connectivity index (χ1) is 11.1. The van der Waals surface area contributed by atoms with E-state index in [1.807, 2.05) is 11.0 Å². The van der Waals surface area contributed by atoms with Gasteiger partial charge in [0, 0.05) is 49.3 Å². The molecule has 1 aromatic carbocycles. The lowest BCUT2D eigenvalue weighted by molar-refractivity contribution is 0.00127. The first-order valence-electron chi connectivity index (χ1n) is 7.53. The number of aliphatic hydroxyl groups is 1. The first kappa shape index (κ1) is 16.3. The Morgan fingerprint density at radius 2 is 2.09 bits per heavy atom. The van der Waals surface area contributed by atoms with Gasteiger partial charge in [-0.15, -0.1) is 0 Å². The highest BCUT2D eigenvalue weighted by atomic mass is 32.2. The molecule has 1 aliphatic heterocycles. The van der Waals surface area contributed by atoms with Crippen LogP contribution in [0.5, 0.6) is 0 Å². The summed E-state index contributed by atoms with van der Waals surface area (Å²) in [6, 6.07) is 6.74. The van der Waals surface area contributed by atoms with Gasteiger partial charge in [-0.25, -0.2) is 13.1 Å². The third kappa shape index (κ3) is 3.67. The van der Waals surface area contributed by atoms with Crippen LogP contribution in [-0.2, 0) is 10.0 Å². The number of pyridine rings is 1. The van der Waals surface area contributed by atoms with Crippen LogP contribution < -0.4 is 10.0 Å². The lowest BCUT2D eigenvalue weighted by atomic mass is 10.2. The molecule has 1 saturated heterocycles. The quantitative estimate of drug-likeness (QED) is 0.696. The number of nitrogens with one attached hydrogen (secondary N) is 2. The third-order valence-corrected chi connectivity index (χ3v) is 5.44. The number of benzene rings is 1. The average molecular weight is 336 g/mol. The minimum absolute atomic E-state index is 0.0379. The minimum Gasteiger partial charge on any atom is -0.377 e. The smallest absolute Gasteiger partial charge is 0.241 e. The standard InChI is InChI=1S/C15H20N4O3S/c20-15(19-8-6-16-7-9-19)11-18-23(21,22)14-3-1-2-12-10-17-5-4-13(12)14/h1-5,10,15-16,18,20H,6-9,11H2. The van der Waals surface area contributed by atoms with Gasteiger partial charge in [-0.1, -0.05) is 12.1 Å². The van der Waals surface area contributed by atoms with E-state index in [-0.39, 0.29) is 11.4 Å². The molecule has 0 amide bonds. The number of piperazine rings is 1. The summed E-state index contributed by atoms with van der Waals surface area (Å²) < 4.78 is 27.6. The zero-order chi connectivity index (χ0) is 16.3. The second-order valence-electron chi connectivity index (χ2n) is 5.47. The number of nitrogens with zero attached hydrogens (tertiary/aromatic N) is 2. The van der Waals surface area contributed by atoms with Crippen LogP contribution in [0.4, 0.5) is 0 Å². The fraction of sp³-hybridized carbons (Fsp3) is 0.400. The van der Waals surface area contributed by atoms with Crippen LogP contribution in [0, 0.1) is 0 Å². The Kier molecular flexibility index (Phi) is 4.88. The molecule has 124 valence electrons. The molecule has 1 unspecified atom stereocenters. The first-order valence-corrected chi connectivity index (χ1v) is 9.01. The number of aliphatic hydroxyl groups excluding tert-OH is 1. The summed E-state index contributed by atoms with van der Waals surface area (Å²) in [5.74, 6) is 0. The molecule has 0 radical (unpaired) electrons. The maximum atomic E-state index is 12.6. The summed E-state index contributed by atoms with van der Waals surface area (Å²) in [5, 5.41) is 14.7. The predicted molar refractivity (Wildman–Crippen MR) is 87.4 cm³/mol. The number of sulfonamides is 1. The molecule has 0 bridgehead atoms. The predicted octanol–water partition coefficient (Wildman–Crippen LogP) is -0.263. The molecule has 8 heteroatoms. The van der Waals surface area contributed by atoms with Gasteiger partial charge >= 0.3 is 0 Å². The van der Waals surface area contributed by atoms with Crippen molar-refractivity contribution in [3.63, 3.8) is 0 Å². The van der Waals surface area contributed by atoms with Crippen LogP contribution in [0.15, 0.2) is 41.6 Å². The lowest BCUT2D eigenvalue weighted by Crippen LogP contribution is -2.51. The molecule has 3 N–H and O–H groups in total. The van der Waals surface area contributed by atoms with Crippen molar-refractivity contribution in [3.8, 4) is 0 Å². The Bertz CT molecular complexity index is 770. The third-order valence-electron chi connectivity index (χ3n) is 3.96. The van der Waals surface area contributed by atoms with E-state index in [0.717, 1.165) is 18.5 Å². The van der Waals surface area contributed by atoms with Crippen LogP contribution in [0.2, 0.25) is 0 Å². The summed E-state index contributed by atoms with van der Waals surface area (Å²) in [7, 11) is -3.70. The molecule has 23 heavy (non-hydrogen) atoms. The highest BCUT2D eigenvalue weighted by molar-refractivity contribution is 7.89. The molecule has 2 heterocycles. The van der Waals surface area contributed by atoms with Crippen molar-refractivity contribution >= 4 is 20.8 Å². The fourth-order valence-corrected chi connectivity index (χ4v) is 3.96. The SMILES string of the molecule is O=S(=O)(NCC(O)N1CCNCC1)c1cccc2cnccc12. The zero-order valence-electron chi connectivity index (χ0n) is 12.6. The number of hydrogen-bond acceptors (Lipinski definition) is 6.